The van der Waals surface area contributed by atoms with E-state index in [1.807, 2.05) is 26.2 Å². The minimum absolute atomic E-state index is 0.177. The summed E-state index contributed by atoms with van der Waals surface area (Å²) < 4.78 is 0. The highest BCUT2D eigenvalue weighted by molar-refractivity contribution is 6.30. The van der Waals surface area contributed by atoms with Gasteiger partial charge in [-0.05, 0) is 44.2 Å². The Kier molecular flexibility index (Phi) is 3.40. The van der Waals surface area contributed by atoms with Crippen LogP contribution in [0.2, 0.25) is 5.02 Å². The summed E-state index contributed by atoms with van der Waals surface area (Å²) in [6.07, 6.45) is 1.95. The molecule has 1 fully saturated rings. The Morgan fingerprint density at radius 3 is 2.47 bits per heavy atom. The number of benzene rings is 1. The average Bonchev–Trinajstić information content (AvgIpc) is 3.10. The van der Waals surface area contributed by atoms with Gasteiger partial charge in [0, 0.05) is 24.3 Å². The normalized spacial score (nSPS) is 16.6. The maximum absolute atomic E-state index is 12.4. The molecule has 1 aliphatic carbocycles. The fourth-order valence-electron chi connectivity index (χ4n) is 2.09. The van der Waals surface area contributed by atoms with Gasteiger partial charge in [0.2, 0.25) is 5.91 Å². The van der Waals surface area contributed by atoms with E-state index < -0.39 is 0 Å². The number of halogens is 1. The fraction of sp³-hybridized carbons (Fsp3) is 0.462. The lowest BCUT2D eigenvalue weighted by Crippen LogP contribution is -2.39. The molecule has 0 atom stereocenters. The van der Waals surface area contributed by atoms with Gasteiger partial charge in [-0.2, -0.15) is 0 Å². The van der Waals surface area contributed by atoms with E-state index in [2.05, 4.69) is 5.32 Å². The van der Waals surface area contributed by atoms with Crippen LogP contribution in [0.3, 0.4) is 0 Å². The summed E-state index contributed by atoms with van der Waals surface area (Å²) in [5.74, 6) is 0.189. The molecular weight excluding hydrogens is 236 g/mol. The monoisotopic (exact) mass is 252 g/mol. The van der Waals surface area contributed by atoms with Crippen LogP contribution in [0.15, 0.2) is 24.3 Å². The summed E-state index contributed by atoms with van der Waals surface area (Å²) in [6.45, 7) is 0.754. The van der Waals surface area contributed by atoms with Gasteiger partial charge in [0.05, 0.1) is 5.41 Å². The zero-order valence-electron chi connectivity index (χ0n) is 10.2. The minimum atomic E-state index is -0.177. The standard InChI is InChI=1S/C13H17ClN2O/c1-15-9-13(7-8-13)12(17)16(2)11-5-3-10(14)4-6-11/h3-6,15H,7-9H2,1-2H3. The van der Waals surface area contributed by atoms with Gasteiger partial charge in [-0.3, -0.25) is 4.79 Å². The molecule has 1 aliphatic rings. The van der Waals surface area contributed by atoms with Gasteiger partial charge in [0.1, 0.15) is 0 Å². The average molecular weight is 253 g/mol. The van der Waals surface area contributed by atoms with Crippen molar-refractivity contribution in [3.05, 3.63) is 29.3 Å². The van der Waals surface area contributed by atoms with Crippen molar-refractivity contribution in [3.8, 4) is 0 Å². The lowest BCUT2D eigenvalue weighted by molar-refractivity contribution is -0.123. The van der Waals surface area contributed by atoms with Crippen LogP contribution >= 0.6 is 11.6 Å². The summed E-state index contributed by atoms with van der Waals surface area (Å²) in [5.41, 5.74) is 0.713. The molecule has 92 valence electrons. The van der Waals surface area contributed by atoms with Crippen LogP contribution in [0.5, 0.6) is 0 Å². The lowest BCUT2D eigenvalue weighted by Gasteiger charge is -2.23. The van der Waals surface area contributed by atoms with E-state index in [-0.39, 0.29) is 11.3 Å². The first-order chi connectivity index (χ1) is 8.09. The molecule has 1 N–H and O–H groups in total. The van der Waals surface area contributed by atoms with Crippen LogP contribution in [0.4, 0.5) is 5.69 Å². The Morgan fingerprint density at radius 2 is 2.00 bits per heavy atom. The van der Waals surface area contributed by atoms with Crippen molar-refractivity contribution < 1.29 is 4.79 Å². The quantitative estimate of drug-likeness (QED) is 0.892. The molecule has 0 spiro atoms. The zero-order valence-corrected chi connectivity index (χ0v) is 10.9. The Balaban J connectivity index is 2.12. The maximum atomic E-state index is 12.4. The SMILES string of the molecule is CNCC1(C(=O)N(C)c2ccc(Cl)cc2)CC1. The number of nitrogens with zero attached hydrogens (tertiary/aromatic N) is 1. The molecule has 0 saturated heterocycles. The highest BCUT2D eigenvalue weighted by Gasteiger charge is 2.50. The molecular formula is C13H17ClN2O. The third kappa shape index (κ3) is 2.45. The number of carbonyl (C=O) groups is 1. The van der Waals surface area contributed by atoms with Crippen LogP contribution in [-0.4, -0.2) is 26.5 Å². The van der Waals surface area contributed by atoms with E-state index in [0.717, 1.165) is 25.1 Å². The molecule has 1 amide bonds. The number of anilines is 1. The molecule has 0 radical (unpaired) electrons. The topological polar surface area (TPSA) is 32.3 Å². The summed E-state index contributed by atoms with van der Waals surface area (Å²) in [6, 6.07) is 7.35. The maximum Gasteiger partial charge on any atom is 0.234 e. The van der Waals surface area contributed by atoms with Crippen LogP contribution < -0.4 is 10.2 Å². The van der Waals surface area contributed by atoms with Crippen molar-refractivity contribution in [2.24, 2.45) is 5.41 Å². The van der Waals surface area contributed by atoms with Crippen molar-refractivity contribution in [2.75, 3.05) is 25.5 Å². The number of nitrogens with one attached hydrogen (secondary N) is 1. The van der Waals surface area contributed by atoms with E-state index in [9.17, 15) is 4.79 Å². The number of amides is 1. The van der Waals surface area contributed by atoms with E-state index in [4.69, 9.17) is 11.6 Å². The second-order valence-corrected chi connectivity index (χ2v) is 5.09. The molecule has 2 rings (SSSR count). The highest BCUT2D eigenvalue weighted by atomic mass is 35.5. The number of rotatable bonds is 4. The largest absolute Gasteiger partial charge is 0.319 e. The predicted octanol–water partition coefficient (Wildman–Crippen LogP) is 2.30. The Hall–Kier alpha value is -1.06. The van der Waals surface area contributed by atoms with Gasteiger partial charge in [0.25, 0.3) is 0 Å². The fourth-order valence-corrected chi connectivity index (χ4v) is 2.22. The number of hydrogen-bond donors (Lipinski definition) is 1. The minimum Gasteiger partial charge on any atom is -0.319 e. The highest BCUT2D eigenvalue weighted by Crippen LogP contribution is 2.46. The Morgan fingerprint density at radius 1 is 1.41 bits per heavy atom. The van der Waals surface area contributed by atoms with E-state index in [1.54, 1.807) is 17.0 Å². The first kappa shape index (κ1) is 12.4. The van der Waals surface area contributed by atoms with Gasteiger partial charge in [-0.15, -0.1) is 0 Å². The van der Waals surface area contributed by atoms with E-state index >= 15 is 0 Å². The van der Waals surface area contributed by atoms with E-state index in [0.29, 0.717) is 5.02 Å². The molecule has 4 heteroatoms. The molecule has 0 heterocycles. The molecule has 17 heavy (non-hydrogen) atoms. The van der Waals surface area contributed by atoms with Crippen LogP contribution in [-0.2, 0) is 4.79 Å². The van der Waals surface area contributed by atoms with Crippen molar-refractivity contribution in [2.45, 2.75) is 12.8 Å². The molecule has 0 aromatic heterocycles. The van der Waals surface area contributed by atoms with Crippen molar-refractivity contribution >= 4 is 23.2 Å². The molecule has 1 aromatic rings. The van der Waals surface area contributed by atoms with Gasteiger partial charge in [0.15, 0.2) is 0 Å². The molecule has 1 aromatic carbocycles. The first-order valence-corrected chi connectivity index (χ1v) is 6.15. The van der Waals surface area contributed by atoms with Crippen molar-refractivity contribution in [1.82, 2.24) is 5.32 Å². The zero-order chi connectivity index (χ0) is 12.5. The summed E-state index contributed by atoms with van der Waals surface area (Å²) in [4.78, 5) is 14.1. The third-order valence-electron chi connectivity index (χ3n) is 3.34. The van der Waals surface area contributed by atoms with Gasteiger partial charge in [-0.1, -0.05) is 11.6 Å². The van der Waals surface area contributed by atoms with Crippen molar-refractivity contribution in [3.63, 3.8) is 0 Å². The van der Waals surface area contributed by atoms with Gasteiger partial charge < -0.3 is 10.2 Å². The van der Waals surface area contributed by atoms with Crippen LogP contribution in [0, 0.1) is 5.41 Å². The summed E-state index contributed by atoms with van der Waals surface area (Å²) >= 11 is 5.83. The smallest absolute Gasteiger partial charge is 0.234 e. The lowest BCUT2D eigenvalue weighted by atomic mass is 10.1. The number of hydrogen-bond acceptors (Lipinski definition) is 2. The number of carbonyl (C=O) groups excluding carboxylic acids is 1. The molecule has 0 bridgehead atoms. The van der Waals surface area contributed by atoms with Gasteiger partial charge in [-0.25, -0.2) is 0 Å². The Bertz CT molecular complexity index is 412. The summed E-state index contributed by atoms with van der Waals surface area (Å²) in [5, 5.41) is 3.78. The molecule has 1 saturated carbocycles. The van der Waals surface area contributed by atoms with E-state index in [1.165, 1.54) is 0 Å². The Labute approximate surface area is 107 Å². The summed E-state index contributed by atoms with van der Waals surface area (Å²) in [7, 11) is 3.71. The molecule has 0 aliphatic heterocycles. The van der Waals surface area contributed by atoms with Crippen LogP contribution in [0.25, 0.3) is 0 Å². The molecule has 3 nitrogen and oxygen atoms in total. The van der Waals surface area contributed by atoms with Crippen molar-refractivity contribution in [1.29, 1.82) is 0 Å². The second-order valence-electron chi connectivity index (χ2n) is 4.65. The van der Waals surface area contributed by atoms with Crippen LogP contribution in [0.1, 0.15) is 12.8 Å². The first-order valence-electron chi connectivity index (χ1n) is 5.77. The third-order valence-corrected chi connectivity index (χ3v) is 3.59. The second kappa shape index (κ2) is 4.67. The van der Waals surface area contributed by atoms with Gasteiger partial charge >= 0.3 is 0 Å². The molecule has 0 unspecified atom stereocenters. The predicted molar refractivity (Wildman–Crippen MR) is 70.5 cm³/mol.